The third kappa shape index (κ3) is 6.35. The number of carbonyl (C=O) groups excluding carboxylic acids is 1. The molecule has 1 aliphatic heterocycles. The number of alkyl halides is 3. The molecule has 1 unspecified atom stereocenters. The van der Waals surface area contributed by atoms with Crippen LogP contribution in [0.2, 0.25) is 0 Å². The summed E-state index contributed by atoms with van der Waals surface area (Å²) in [5, 5.41) is 11.6. The lowest BCUT2D eigenvalue weighted by Gasteiger charge is -2.26. The van der Waals surface area contributed by atoms with Gasteiger partial charge < -0.3 is 10.2 Å². The summed E-state index contributed by atoms with van der Waals surface area (Å²) in [5.74, 6) is -0.278. The summed E-state index contributed by atoms with van der Waals surface area (Å²) in [6, 6.07) is 11.5. The van der Waals surface area contributed by atoms with Gasteiger partial charge in [0.1, 0.15) is 16.6 Å². The third-order valence-corrected chi connectivity index (χ3v) is 6.31. The number of halogens is 3. The lowest BCUT2D eigenvalue weighted by molar-refractivity contribution is -0.126. The van der Waals surface area contributed by atoms with E-state index in [-0.39, 0.29) is 11.5 Å². The van der Waals surface area contributed by atoms with Gasteiger partial charge in [-0.25, -0.2) is 0 Å². The number of amides is 1. The minimum absolute atomic E-state index is 0.0592. The SMILES string of the molecule is CCN=CC(=C(NC(C)/C=C/C(=O)N1CCc2cc(C#N)sc2C1)C(F)(F)F)c1ccccc1. The van der Waals surface area contributed by atoms with Crippen LogP contribution >= 0.6 is 11.3 Å². The quantitative estimate of drug-likeness (QED) is 0.437. The van der Waals surface area contributed by atoms with Crippen LogP contribution in [0.3, 0.4) is 0 Å². The van der Waals surface area contributed by atoms with E-state index in [4.69, 9.17) is 5.26 Å². The van der Waals surface area contributed by atoms with Crippen molar-refractivity contribution in [3.8, 4) is 6.07 Å². The van der Waals surface area contributed by atoms with Gasteiger partial charge in [-0.2, -0.15) is 18.4 Å². The number of carbonyl (C=O) groups is 1. The van der Waals surface area contributed by atoms with Crippen LogP contribution in [0.4, 0.5) is 13.2 Å². The molecule has 5 nitrogen and oxygen atoms in total. The molecule has 1 atom stereocenters. The van der Waals surface area contributed by atoms with Crippen LogP contribution in [-0.4, -0.2) is 42.3 Å². The van der Waals surface area contributed by atoms with E-state index in [0.29, 0.717) is 36.5 Å². The molecular weight excluding hydrogens is 461 g/mol. The van der Waals surface area contributed by atoms with Crippen molar-refractivity contribution in [2.45, 2.75) is 39.0 Å². The number of nitriles is 1. The number of thiophene rings is 1. The number of benzene rings is 1. The second-order valence-corrected chi connectivity index (χ2v) is 8.89. The van der Waals surface area contributed by atoms with E-state index in [9.17, 15) is 18.0 Å². The molecule has 0 bridgehead atoms. The van der Waals surface area contributed by atoms with Crippen molar-refractivity contribution in [1.29, 1.82) is 5.26 Å². The van der Waals surface area contributed by atoms with Crippen LogP contribution in [0, 0.1) is 11.3 Å². The minimum atomic E-state index is -4.64. The fourth-order valence-corrected chi connectivity index (χ4v) is 4.59. The Bertz CT molecular complexity index is 1140. The van der Waals surface area contributed by atoms with Gasteiger partial charge in [0.25, 0.3) is 0 Å². The van der Waals surface area contributed by atoms with Crippen molar-refractivity contribution in [2.75, 3.05) is 13.1 Å². The first-order chi connectivity index (χ1) is 16.2. The summed E-state index contributed by atoms with van der Waals surface area (Å²) in [6.07, 6.45) is -0.0261. The second-order valence-electron chi connectivity index (χ2n) is 7.75. The number of hydrogen-bond donors (Lipinski definition) is 1. The van der Waals surface area contributed by atoms with Crippen molar-refractivity contribution in [1.82, 2.24) is 10.2 Å². The second kappa shape index (κ2) is 11.2. The molecule has 0 fully saturated rings. The normalized spacial score (nSPS) is 15.7. The molecule has 2 heterocycles. The Hall–Kier alpha value is -3.38. The van der Waals surface area contributed by atoms with E-state index >= 15 is 0 Å². The van der Waals surface area contributed by atoms with Gasteiger partial charge >= 0.3 is 6.18 Å². The van der Waals surface area contributed by atoms with E-state index in [0.717, 1.165) is 10.4 Å². The highest BCUT2D eigenvalue weighted by molar-refractivity contribution is 7.12. The molecule has 9 heteroatoms. The highest BCUT2D eigenvalue weighted by atomic mass is 32.1. The van der Waals surface area contributed by atoms with Crippen molar-refractivity contribution in [3.63, 3.8) is 0 Å². The predicted octanol–water partition coefficient (Wildman–Crippen LogP) is 5.10. The first-order valence-electron chi connectivity index (χ1n) is 10.8. The minimum Gasteiger partial charge on any atom is -0.375 e. The van der Waals surface area contributed by atoms with Gasteiger partial charge in [0, 0.05) is 41.9 Å². The predicted molar refractivity (Wildman–Crippen MR) is 128 cm³/mol. The van der Waals surface area contributed by atoms with Crippen molar-refractivity contribution < 1.29 is 18.0 Å². The molecule has 178 valence electrons. The van der Waals surface area contributed by atoms with Gasteiger partial charge in [-0.05, 0) is 37.5 Å². The molecule has 1 N–H and O–H groups in total. The fourth-order valence-electron chi connectivity index (χ4n) is 3.57. The Kier molecular flexibility index (Phi) is 8.29. The standard InChI is InChI=1S/C25H25F3N4OS/c1-3-30-15-21(18-7-5-4-6-8-18)24(25(26,27)28)31-17(2)9-10-23(33)32-12-11-19-13-20(14-29)34-22(19)16-32/h4-10,13,15,17,31H,3,11-12,16H2,1-2H3/b10-9+,24-21?,30-15?. The third-order valence-electron chi connectivity index (χ3n) is 5.24. The summed E-state index contributed by atoms with van der Waals surface area (Å²) < 4.78 is 42.0. The largest absolute Gasteiger partial charge is 0.431 e. The molecule has 1 aromatic heterocycles. The van der Waals surface area contributed by atoms with Crippen LogP contribution in [0.1, 0.15) is 34.7 Å². The van der Waals surface area contributed by atoms with Crippen molar-refractivity contribution in [3.05, 3.63) is 75.1 Å². The maximum atomic E-state index is 14.0. The molecule has 0 radical (unpaired) electrons. The molecule has 0 aliphatic carbocycles. The highest BCUT2D eigenvalue weighted by Gasteiger charge is 2.37. The van der Waals surface area contributed by atoms with Crippen molar-refractivity contribution >= 4 is 29.0 Å². The Morgan fingerprint density at radius 3 is 2.74 bits per heavy atom. The lowest BCUT2D eigenvalue weighted by Crippen LogP contribution is -2.35. The number of fused-ring (bicyclic) bond motifs is 1. The van der Waals surface area contributed by atoms with Crippen molar-refractivity contribution in [2.24, 2.45) is 4.99 Å². The van der Waals surface area contributed by atoms with Gasteiger partial charge in [0.2, 0.25) is 5.91 Å². The number of hydrogen-bond acceptors (Lipinski definition) is 5. The summed E-state index contributed by atoms with van der Waals surface area (Å²) in [4.78, 5) is 19.9. The van der Waals surface area contributed by atoms with Gasteiger partial charge in [0.15, 0.2) is 0 Å². The smallest absolute Gasteiger partial charge is 0.375 e. The Morgan fingerprint density at radius 2 is 2.09 bits per heavy atom. The maximum Gasteiger partial charge on any atom is 0.431 e. The first-order valence-corrected chi connectivity index (χ1v) is 11.7. The first kappa shape index (κ1) is 25.2. The van der Waals surface area contributed by atoms with E-state index in [1.165, 1.54) is 29.7 Å². The van der Waals surface area contributed by atoms with E-state index < -0.39 is 17.9 Å². The lowest BCUT2D eigenvalue weighted by atomic mass is 10.0. The topological polar surface area (TPSA) is 68.5 Å². The number of nitrogens with one attached hydrogen (secondary N) is 1. The van der Waals surface area contributed by atoms with Crippen LogP contribution < -0.4 is 5.32 Å². The van der Waals surface area contributed by atoms with E-state index in [1.807, 2.05) is 6.07 Å². The summed E-state index contributed by atoms with van der Waals surface area (Å²) in [5.41, 5.74) is 0.497. The molecule has 2 aromatic rings. The van der Waals surface area contributed by atoms with Crippen LogP contribution in [0.15, 0.2) is 59.2 Å². The zero-order valence-electron chi connectivity index (χ0n) is 18.9. The molecule has 0 spiro atoms. The number of rotatable bonds is 7. The molecular formula is C25H25F3N4OS. The zero-order chi connectivity index (χ0) is 24.7. The zero-order valence-corrected chi connectivity index (χ0v) is 19.7. The monoisotopic (exact) mass is 486 g/mol. The molecule has 1 aliphatic rings. The number of nitrogens with zero attached hydrogens (tertiary/aromatic N) is 3. The van der Waals surface area contributed by atoms with Crippen LogP contribution in [0.5, 0.6) is 0 Å². The Balaban J connectivity index is 1.77. The average molecular weight is 487 g/mol. The maximum absolute atomic E-state index is 14.0. The van der Waals surface area contributed by atoms with Gasteiger partial charge in [-0.15, -0.1) is 11.3 Å². The van der Waals surface area contributed by atoms with E-state index in [1.54, 1.807) is 49.1 Å². The summed E-state index contributed by atoms with van der Waals surface area (Å²) >= 11 is 1.36. The molecule has 34 heavy (non-hydrogen) atoms. The molecule has 1 aromatic carbocycles. The van der Waals surface area contributed by atoms with E-state index in [2.05, 4.69) is 16.4 Å². The van der Waals surface area contributed by atoms with Gasteiger partial charge in [-0.3, -0.25) is 9.79 Å². The Morgan fingerprint density at radius 1 is 1.35 bits per heavy atom. The Labute approximate surface area is 200 Å². The molecule has 0 saturated carbocycles. The van der Waals surface area contributed by atoms with Gasteiger partial charge in [-0.1, -0.05) is 36.4 Å². The highest BCUT2D eigenvalue weighted by Crippen LogP contribution is 2.31. The van der Waals surface area contributed by atoms with Crippen LogP contribution in [-0.2, 0) is 17.8 Å². The number of aliphatic imine (C=N–C) groups is 1. The molecule has 0 saturated heterocycles. The number of allylic oxidation sites excluding steroid dienone is 2. The van der Waals surface area contributed by atoms with Gasteiger partial charge in [0.05, 0.1) is 6.54 Å². The molecule has 3 rings (SSSR count). The summed E-state index contributed by atoms with van der Waals surface area (Å²) in [6.45, 7) is 4.55. The summed E-state index contributed by atoms with van der Waals surface area (Å²) in [7, 11) is 0. The fraction of sp³-hybridized carbons (Fsp3) is 0.320. The average Bonchev–Trinajstić information content (AvgIpc) is 3.24. The molecule has 1 amide bonds. The van der Waals surface area contributed by atoms with Crippen LogP contribution in [0.25, 0.3) is 5.57 Å².